The van der Waals surface area contributed by atoms with Gasteiger partial charge < -0.3 is 4.90 Å². The highest BCUT2D eigenvalue weighted by molar-refractivity contribution is 9.09. The molecule has 0 spiro atoms. The first-order valence-electron chi connectivity index (χ1n) is 5.15. The van der Waals surface area contributed by atoms with Gasteiger partial charge in [0, 0.05) is 24.6 Å². The van der Waals surface area contributed by atoms with Crippen molar-refractivity contribution >= 4 is 21.8 Å². The van der Waals surface area contributed by atoms with Crippen molar-refractivity contribution in [1.29, 1.82) is 0 Å². The number of aromatic nitrogens is 2. The zero-order chi connectivity index (χ0) is 10.7. The maximum absolute atomic E-state index is 11.9. The smallest absolute Gasteiger partial charge is 0.257 e. The zero-order valence-corrected chi connectivity index (χ0v) is 10.0. The number of rotatable bonds is 3. The number of alkyl halides is 1. The summed E-state index contributed by atoms with van der Waals surface area (Å²) >= 11 is 3.44. The standard InChI is InChI=1S/C10H14BrN3O/c11-3-1-8-2-4-14(7-8)10(15)9-5-12-13-6-9/h5-6,8H,1-4,7H2,(H,12,13). The van der Waals surface area contributed by atoms with E-state index in [1.54, 1.807) is 12.4 Å². The maximum atomic E-state index is 11.9. The van der Waals surface area contributed by atoms with Gasteiger partial charge in [-0.3, -0.25) is 9.89 Å². The monoisotopic (exact) mass is 271 g/mol. The molecule has 1 atom stereocenters. The molecular weight excluding hydrogens is 258 g/mol. The summed E-state index contributed by atoms with van der Waals surface area (Å²) in [6.45, 7) is 1.76. The average Bonchev–Trinajstić information content (AvgIpc) is 2.87. The fourth-order valence-corrected chi connectivity index (χ4v) is 2.60. The van der Waals surface area contributed by atoms with Gasteiger partial charge in [0.25, 0.3) is 5.91 Å². The number of carbonyl (C=O) groups excluding carboxylic acids is 1. The Morgan fingerprint density at radius 1 is 1.73 bits per heavy atom. The number of nitrogens with one attached hydrogen (secondary N) is 1. The molecule has 1 saturated heterocycles. The number of hydrogen-bond acceptors (Lipinski definition) is 2. The first-order valence-corrected chi connectivity index (χ1v) is 6.27. The third kappa shape index (κ3) is 2.40. The molecule has 1 fully saturated rings. The van der Waals surface area contributed by atoms with Crippen molar-refractivity contribution in [2.45, 2.75) is 12.8 Å². The maximum Gasteiger partial charge on any atom is 0.257 e. The van der Waals surface area contributed by atoms with E-state index in [1.807, 2.05) is 4.90 Å². The number of amides is 1. The lowest BCUT2D eigenvalue weighted by Crippen LogP contribution is -2.28. The van der Waals surface area contributed by atoms with Crippen molar-refractivity contribution < 1.29 is 4.79 Å². The molecule has 1 aliphatic heterocycles. The highest BCUT2D eigenvalue weighted by Gasteiger charge is 2.26. The van der Waals surface area contributed by atoms with Crippen molar-refractivity contribution in [2.75, 3.05) is 18.4 Å². The molecule has 82 valence electrons. The van der Waals surface area contributed by atoms with Crippen molar-refractivity contribution in [1.82, 2.24) is 15.1 Å². The second kappa shape index (κ2) is 4.79. The van der Waals surface area contributed by atoms with Crippen LogP contribution in [0.15, 0.2) is 12.4 Å². The predicted octanol–water partition coefficient (Wildman–Crippen LogP) is 1.66. The number of halogens is 1. The van der Waals surface area contributed by atoms with Gasteiger partial charge in [-0.25, -0.2) is 0 Å². The summed E-state index contributed by atoms with van der Waals surface area (Å²) in [6.07, 6.45) is 5.50. The average molecular weight is 272 g/mol. The van der Waals surface area contributed by atoms with Gasteiger partial charge in [0.2, 0.25) is 0 Å². The minimum Gasteiger partial charge on any atom is -0.338 e. The summed E-state index contributed by atoms with van der Waals surface area (Å²) in [5.74, 6) is 0.751. The number of H-pyrrole nitrogens is 1. The molecule has 0 radical (unpaired) electrons. The molecule has 5 heteroatoms. The van der Waals surface area contributed by atoms with E-state index in [0.29, 0.717) is 11.5 Å². The van der Waals surface area contributed by atoms with E-state index in [0.717, 1.165) is 31.3 Å². The Morgan fingerprint density at radius 2 is 2.60 bits per heavy atom. The molecule has 1 unspecified atom stereocenters. The SMILES string of the molecule is O=C(c1cn[nH]c1)N1CCC(CCBr)C1. The second-order valence-electron chi connectivity index (χ2n) is 3.87. The van der Waals surface area contributed by atoms with Crippen LogP contribution >= 0.6 is 15.9 Å². The summed E-state index contributed by atoms with van der Waals surface area (Å²) in [7, 11) is 0. The Kier molecular flexibility index (Phi) is 3.41. The molecule has 1 aromatic rings. The molecule has 0 aromatic carbocycles. The van der Waals surface area contributed by atoms with Crippen molar-refractivity contribution in [3.8, 4) is 0 Å². The van der Waals surface area contributed by atoms with Crippen LogP contribution in [-0.4, -0.2) is 39.4 Å². The predicted molar refractivity (Wildman–Crippen MR) is 61.0 cm³/mol. The van der Waals surface area contributed by atoms with Crippen molar-refractivity contribution in [3.05, 3.63) is 18.0 Å². The van der Waals surface area contributed by atoms with E-state index >= 15 is 0 Å². The fraction of sp³-hybridized carbons (Fsp3) is 0.600. The van der Waals surface area contributed by atoms with Crippen molar-refractivity contribution in [2.24, 2.45) is 5.92 Å². The van der Waals surface area contributed by atoms with Gasteiger partial charge in [0.15, 0.2) is 0 Å². The van der Waals surface area contributed by atoms with Crippen LogP contribution in [0.5, 0.6) is 0 Å². The highest BCUT2D eigenvalue weighted by atomic mass is 79.9. The fourth-order valence-electron chi connectivity index (χ4n) is 1.96. The number of aromatic amines is 1. The largest absolute Gasteiger partial charge is 0.338 e. The van der Waals surface area contributed by atoms with Crippen LogP contribution in [0.25, 0.3) is 0 Å². The molecule has 0 saturated carbocycles. The zero-order valence-electron chi connectivity index (χ0n) is 8.45. The van der Waals surface area contributed by atoms with E-state index in [1.165, 1.54) is 0 Å². The van der Waals surface area contributed by atoms with Crippen LogP contribution in [0.4, 0.5) is 0 Å². The van der Waals surface area contributed by atoms with Crippen LogP contribution in [0.1, 0.15) is 23.2 Å². The second-order valence-corrected chi connectivity index (χ2v) is 4.66. The Morgan fingerprint density at radius 3 is 3.27 bits per heavy atom. The molecule has 1 aliphatic rings. The number of likely N-dealkylation sites (tertiary alicyclic amines) is 1. The molecule has 15 heavy (non-hydrogen) atoms. The molecule has 1 amide bonds. The van der Waals surface area contributed by atoms with E-state index < -0.39 is 0 Å². The van der Waals surface area contributed by atoms with Crippen LogP contribution in [0.2, 0.25) is 0 Å². The van der Waals surface area contributed by atoms with Crippen LogP contribution in [-0.2, 0) is 0 Å². The highest BCUT2D eigenvalue weighted by Crippen LogP contribution is 2.21. The summed E-state index contributed by atoms with van der Waals surface area (Å²) < 4.78 is 0. The Hall–Kier alpha value is -0.840. The number of nitrogens with zero attached hydrogens (tertiary/aromatic N) is 2. The van der Waals surface area contributed by atoms with E-state index in [4.69, 9.17) is 0 Å². The lowest BCUT2D eigenvalue weighted by Gasteiger charge is -2.14. The van der Waals surface area contributed by atoms with Gasteiger partial charge in [0.1, 0.15) is 0 Å². The lowest BCUT2D eigenvalue weighted by molar-refractivity contribution is 0.0787. The Bertz CT molecular complexity index is 325. The van der Waals surface area contributed by atoms with Gasteiger partial charge in [-0.2, -0.15) is 5.10 Å². The van der Waals surface area contributed by atoms with E-state index in [-0.39, 0.29) is 5.91 Å². The first kappa shape index (κ1) is 10.7. The number of hydrogen-bond donors (Lipinski definition) is 1. The van der Waals surface area contributed by atoms with Gasteiger partial charge in [0.05, 0.1) is 11.8 Å². The first-order chi connectivity index (χ1) is 7.31. The molecule has 0 bridgehead atoms. The normalized spacial score (nSPS) is 20.9. The van der Waals surface area contributed by atoms with E-state index in [2.05, 4.69) is 26.1 Å². The summed E-state index contributed by atoms with van der Waals surface area (Å²) in [4.78, 5) is 13.8. The van der Waals surface area contributed by atoms with Gasteiger partial charge in [-0.15, -0.1) is 0 Å². The van der Waals surface area contributed by atoms with E-state index in [9.17, 15) is 4.79 Å². The quantitative estimate of drug-likeness (QED) is 0.851. The minimum absolute atomic E-state index is 0.0980. The topological polar surface area (TPSA) is 49.0 Å². The van der Waals surface area contributed by atoms with Gasteiger partial charge in [-0.05, 0) is 18.8 Å². The summed E-state index contributed by atoms with van der Waals surface area (Å²) in [5, 5.41) is 7.47. The summed E-state index contributed by atoms with van der Waals surface area (Å²) in [6, 6.07) is 0. The molecule has 0 aliphatic carbocycles. The molecule has 2 rings (SSSR count). The number of carbonyl (C=O) groups is 1. The molecule has 2 heterocycles. The Balaban J connectivity index is 1.93. The molecular formula is C10H14BrN3O. The van der Waals surface area contributed by atoms with Crippen LogP contribution < -0.4 is 0 Å². The van der Waals surface area contributed by atoms with Crippen LogP contribution in [0, 0.1) is 5.92 Å². The third-order valence-corrected chi connectivity index (χ3v) is 3.29. The Labute approximate surface area is 97.2 Å². The van der Waals surface area contributed by atoms with Gasteiger partial charge >= 0.3 is 0 Å². The summed E-state index contributed by atoms with van der Waals surface area (Å²) in [5.41, 5.74) is 0.662. The molecule has 4 nitrogen and oxygen atoms in total. The lowest BCUT2D eigenvalue weighted by atomic mass is 10.1. The van der Waals surface area contributed by atoms with Crippen molar-refractivity contribution in [3.63, 3.8) is 0 Å². The molecule has 1 aromatic heterocycles. The molecule has 1 N–H and O–H groups in total. The van der Waals surface area contributed by atoms with Crippen LogP contribution in [0.3, 0.4) is 0 Å². The third-order valence-electron chi connectivity index (χ3n) is 2.84. The minimum atomic E-state index is 0.0980. The van der Waals surface area contributed by atoms with Gasteiger partial charge in [-0.1, -0.05) is 15.9 Å².